The Labute approximate surface area is 364 Å². The van der Waals surface area contributed by atoms with Crippen LogP contribution in [0.25, 0.3) is 9.75 Å². The van der Waals surface area contributed by atoms with E-state index >= 15 is 0 Å². The fourth-order valence-corrected chi connectivity index (χ4v) is 9.81. The van der Waals surface area contributed by atoms with E-state index in [1.54, 1.807) is 0 Å². The highest BCUT2D eigenvalue weighted by Gasteiger charge is 2.43. The highest BCUT2D eigenvalue weighted by molar-refractivity contribution is 7.21. The number of thiophene rings is 2. The molecule has 0 amide bonds. The monoisotopic (exact) mass is 766 g/mol. The van der Waals surface area contributed by atoms with Gasteiger partial charge in [0.05, 0.1) is 15.4 Å². The van der Waals surface area contributed by atoms with Gasteiger partial charge >= 0.3 is 0 Å². The molecule has 0 bridgehead atoms. The van der Waals surface area contributed by atoms with E-state index in [9.17, 15) is 0 Å². The molecule has 5 rings (SSSR count). The molecule has 3 heteroatoms. The van der Waals surface area contributed by atoms with Gasteiger partial charge in [0, 0.05) is 65.5 Å². The van der Waals surface area contributed by atoms with Crippen molar-refractivity contribution in [3.05, 3.63) is 98.2 Å². The van der Waals surface area contributed by atoms with E-state index in [0.29, 0.717) is 0 Å². The molecule has 0 spiro atoms. The van der Waals surface area contributed by atoms with Gasteiger partial charge in [-0.1, -0.05) is 141 Å². The second-order valence-corrected chi connectivity index (χ2v) is 16.4. The fraction of sp³-hybridized carbons (Fsp3) is 0.556. The number of rotatable bonds is 22. The number of unbranched alkanes of at least 4 members (excludes halogenated alkanes) is 12. The molecule has 1 N–H and O–H groups in total. The largest absolute Gasteiger partial charge is 0.367 e. The zero-order valence-corrected chi connectivity index (χ0v) is 32.4. The summed E-state index contributed by atoms with van der Waals surface area (Å²) in [5, 5.41) is 8.92. The van der Waals surface area contributed by atoms with E-state index in [2.05, 4.69) is 92.3 Å². The Balaban J connectivity index is -0.0000000179. The SMILES string of the molecule is CCCCCCc1cc(CCCCCC)cc(C2(c3cc(CCCCCC)cc(CCCCCC)c3)Nc3ccsc3-c3sccc32)c1.[HH].[HH].[HH].[HH].[HH].[HH].[HH].[HH].[HH].[HH].[HH].[HH].[HH].[HH].[HH].[HH].[HH].[HH].[HH].[HH].[HH].[HH].[HH].[HH].[HH].[HH].[HH].[HH].[HH].[HH].[HH].[HH].[HH].[HH].[HH].[HH].[HH].[HH].[HH].[HH].[HH].[HH]. The molecule has 0 atom stereocenters. The molecule has 0 unspecified atom stereocenters. The summed E-state index contributed by atoms with van der Waals surface area (Å²) in [6.07, 6.45) is 25.6. The molecule has 1 aliphatic rings. The number of aryl methyl sites for hydroxylation is 4. The molecule has 344 valence electrons. The van der Waals surface area contributed by atoms with Gasteiger partial charge in [0.2, 0.25) is 0 Å². The van der Waals surface area contributed by atoms with Crippen molar-refractivity contribution in [3.63, 3.8) is 0 Å². The van der Waals surface area contributed by atoms with Gasteiger partial charge in [0.25, 0.3) is 0 Å². The minimum Gasteiger partial charge on any atom is -0.367 e. The van der Waals surface area contributed by atoms with Crippen molar-refractivity contribution >= 4 is 28.4 Å². The first-order valence-corrected chi connectivity index (χ1v) is 21.6. The van der Waals surface area contributed by atoms with Gasteiger partial charge in [-0.2, -0.15) is 0 Å². The minimum absolute atomic E-state index is 0. The summed E-state index contributed by atoms with van der Waals surface area (Å²) in [6.45, 7) is 9.28. The number of fused-ring (bicyclic) bond motifs is 3. The molecular weight excluding hydrogens is 619 g/mol. The first kappa shape index (κ1) is 36.9. The van der Waals surface area contributed by atoms with E-state index in [1.165, 1.54) is 183 Å². The first-order chi connectivity index (χ1) is 23.6. The number of hydrogen-bond donors (Lipinski definition) is 1. The molecule has 1 nitrogen and oxygen atoms in total. The average Bonchev–Trinajstić information content (AvgIpc) is 3.79. The molecule has 0 radical (unpaired) electrons. The lowest BCUT2D eigenvalue weighted by atomic mass is 9.73. The van der Waals surface area contributed by atoms with Crippen LogP contribution >= 0.6 is 22.7 Å². The number of anilines is 1. The van der Waals surface area contributed by atoms with Crippen LogP contribution in [-0.4, -0.2) is 0 Å². The van der Waals surface area contributed by atoms with Crippen molar-refractivity contribution in [2.45, 2.75) is 162 Å². The lowest BCUT2D eigenvalue weighted by molar-refractivity contribution is 0.651. The van der Waals surface area contributed by atoms with E-state index in [1.807, 2.05) is 22.7 Å². The van der Waals surface area contributed by atoms with Crippen LogP contribution in [0, 0.1) is 0 Å². The second kappa shape index (κ2) is 19.1. The summed E-state index contributed by atoms with van der Waals surface area (Å²) in [7, 11) is 0. The number of benzene rings is 2. The van der Waals surface area contributed by atoms with Crippen molar-refractivity contribution < 1.29 is 59.9 Å². The Morgan fingerprint density at radius 2 is 0.875 bits per heavy atom. The number of hydrogen-bond acceptors (Lipinski definition) is 3. The molecule has 2 aromatic heterocycles. The summed E-state index contributed by atoms with van der Waals surface area (Å²) in [4.78, 5) is 2.86. The summed E-state index contributed by atoms with van der Waals surface area (Å²) >= 11 is 3.82. The summed E-state index contributed by atoms with van der Waals surface area (Å²) in [5.74, 6) is 0. The first-order valence-electron chi connectivity index (χ1n) is 19.8. The van der Waals surface area contributed by atoms with Crippen LogP contribution in [0.4, 0.5) is 5.69 Å². The summed E-state index contributed by atoms with van der Waals surface area (Å²) < 4.78 is 0. The van der Waals surface area contributed by atoms with Crippen molar-refractivity contribution in [1.29, 1.82) is 0 Å². The summed E-state index contributed by atoms with van der Waals surface area (Å²) in [5.41, 5.74) is 11.3. The van der Waals surface area contributed by atoms with Crippen molar-refractivity contribution in [2.24, 2.45) is 0 Å². The predicted molar refractivity (Wildman–Crippen MR) is 304 cm³/mol. The Morgan fingerprint density at radius 3 is 1.29 bits per heavy atom. The molecular formula is C45H147NS2. The van der Waals surface area contributed by atoms with E-state index < -0.39 is 5.54 Å². The zero-order valence-electron chi connectivity index (χ0n) is 30.7. The molecule has 0 fully saturated rings. The van der Waals surface area contributed by atoms with E-state index in [0.717, 1.165) is 0 Å². The van der Waals surface area contributed by atoms with Gasteiger partial charge < -0.3 is 5.32 Å². The van der Waals surface area contributed by atoms with E-state index in [4.69, 9.17) is 0 Å². The van der Waals surface area contributed by atoms with Gasteiger partial charge in [0.15, 0.2) is 0 Å². The predicted octanol–water partition coefficient (Wildman–Crippen LogP) is 25.0. The molecule has 0 aliphatic carbocycles. The average molecular weight is 767 g/mol. The Morgan fingerprint density at radius 1 is 0.479 bits per heavy atom. The zero-order chi connectivity index (χ0) is 33.6. The van der Waals surface area contributed by atoms with Crippen LogP contribution < -0.4 is 5.32 Å². The van der Waals surface area contributed by atoms with Crippen molar-refractivity contribution in [2.75, 3.05) is 5.32 Å². The van der Waals surface area contributed by atoms with E-state index in [-0.39, 0.29) is 59.9 Å². The van der Waals surface area contributed by atoms with Crippen LogP contribution in [0.2, 0.25) is 0 Å². The molecule has 3 heterocycles. The molecule has 1 aliphatic heterocycles. The van der Waals surface area contributed by atoms with Crippen LogP contribution in [0.5, 0.6) is 0 Å². The molecule has 48 heavy (non-hydrogen) atoms. The molecule has 0 saturated heterocycles. The number of nitrogens with one attached hydrogen (secondary N) is 1. The van der Waals surface area contributed by atoms with Gasteiger partial charge in [-0.25, -0.2) is 0 Å². The lowest BCUT2D eigenvalue weighted by Gasteiger charge is -2.41. The van der Waals surface area contributed by atoms with Gasteiger partial charge in [-0.05, 0) is 108 Å². The highest BCUT2D eigenvalue weighted by Crippen LogP contribution is 2.54. The van der Waals surface area contributed by atoms with Gasteiger partial charge in [-0.3, -0.25) is 0 Å². The highest BCUT2D eigenvalue weighted by atomic mass is 32.1. The maximum atomic E-state index is 4.30. The quantitative estimate of drug-likeness (QED) is 0.0786. The maximum Gasteiger partial charge on any atom is 0.115 e. The third-order valence-electron chi connectivity index (χ3n) is 10.5. The maximum absolute atomic E-state index is 4.30. The summed E-state index contributed by atoms with van der Waals surface area (Å²) in [6, 6.07) is 20.3. The van der Waals surface area contributed by atoms with Crippen molar-refractivity contribution in [1.82, 2.24) is 0 Å². The van der Waals surface area contributed by atoms with Crippen LogP contribution in [0.3, 0.4) is 0 Å². The topological polar surface area (TPSA) is 12.0 Å². The fourth-order valence-electron chi connectivity index (χ4n) is 7.81. The lowest BCUT2D eigenvalue weighted by Crippen LogP contribution is -2.40. The standard InChI is InChI=1S/C45H63NS2.42H2/c1-5-9-13-17-21-35-29-36(22-18-14-10-6-2)32-39(31-35)45(41-25-27-47-43(41)44-42(46-45)26-28-48-44)40-33-37(23-19-15-11-7-3)30-38(34-40)24-20-16-12-8-4;;;;;;;;;;;;;;;;;;;;;;;;;;;;;;;;;;;;;;;;;;/h25-34,46H,5-24H2,1-4H3;42*1H. The Bertz CT molecular complexity index is 1480. The van der Waals surface area contributed by atoms with Crippen LogP contribution in [0.1, 0.15) is 229 Å². The molecule has 0 saturated carbocycles. The van der Waals surface area contributed by atoms with Gasteiger partial charge in [0.1, 0.15) is 5.54 Å². The smallest absolute Gasteiger partial charge is 0.115 e. The Hall–Kier alpha value is -2.36. The van der Waals surface area contributed by atoms with Gasteiger partial charge in [-0.15, -0.1) is 22.7 Å². The Kier molecular flexibility index (Phi) is 14.7. The third-order valence-corrected chi connectivity index (χ3v) is 12.5. The van der Waals surface area contributed by atoms with Crippen LogP contribution in [0.15, 0.2) is 59.3 Å². The minimum atomic E-state index is -0.404. The van der Waals surface area contributed by atoms with Crippen molar-refractivity contribution in [3.8, 4) is 9.75 Å². The second-order valence-electron chi connectivity index (χ2n) is 14.5. The normalized spacial score (nSPS) is 13.3. The molecule has 4 aromatic rings. The van der Waals surface area contributed by atoms with Crippen LogP contribution in [-0.2, 0) is 31.2 Å². The molecule has 2 aromatic carbocycles. The third kappa shape index (κ3) is 9.25.